The minimum atomic E-state index is -0.907. The van der Waals surface area contributed by atoms with Crippen molar-refractivity contribution in [3.63, 3.8) is 0 Å². The van der Waals surface area contributed by atoms with E-state index in [9.17, 15) is 4.79 Å². The molecule has 19 heavy (non-hydrogen) atoms. The first kappa shape index (κ1) is 14.0. The van der Waals surface area contributed by atoms with Crippen molar-refractivity contribution in [3.05, 3.63) is 27.7 Å². The molecule has 6 nitrogen and oxygen atoms in total. The van der Waals surface area contributed by atoms with Crippen LogP contribution in [0.4, 0.5) is 0 Å². The first-order chi connectivity index (χ1) is 8.99. The Labute approximate surface area is 122 Å². The van der Waals surface area contributed by atoms with Crippen LogP contribution in [0.25, 0.3) is 11.4 Å². The van der Waals surface area contributed by atoms with Gasteiger partial charge in [0.05, 0.1) is 17.5 Å². The predicted octanol–water partition coefficient (Wildman–Crippen LogP) is 2.79. The number of carboxylic acids is 1. The standard InChI is InChI=1S/C11H10BrClN4O2/c1-6(4-10(18)19)17-11(14-15-16-17)8-3-2-7(12)5-9(8)13/h2-3,5-6H,4H2,1H3,(H,18,19). The molecule has 1 aromatic carbocycles. The zero-order chi connectivity index (χ0) is 14.0. The van der Waals surface area contributed by atoms with Crippen molar-refractivity contribution in [1.82, 2.24) is 20.2 Å². The average molecular weight is 346 g/mol. The van der Waals surface area contributed by atoms with Crippen LogP contribution in [0.1, 0.15) is 19.4 Å². The summed E-state index contributed by atoms with van der Waals surface area (Å²) in [4.78, 5) is 10.8. The molecule has 1 unspecified atom stereocenters. The summed E-state index contributed by atoms with van der Waals surface area (Å²) in [6.45, 7) is 1.74. The lowest BCUT2D eigenvalue weighted by Crippen LogP contribution is -2.13. The topological polar surface area (TPSA) is 80.9 Å². The van der Waals surface area contributed by atoms with Crippen molar-refractivity contribution in [1.29, 1.82) is 0 Å². The van der Waals surface area contributed by atoms with Gasteiger partial charge in [-0.05, 0) is 35.5 Å². The lowest BCUT2D eigenvalue weighted by atomic mass is 10.2. The second-order valence-electron chi connectivity index (χ2n) is 4.02. The first-order valence-electron chi connectivity index (χ1n) is 5.44. The van der Waals surface area contributed by atoms with Gasteiger partial charge in [-0.2, -0.15) is 0 Å². The summed E-state index contributed by atoms with van der Waals surface area (Å²) >= 11 is 9.47. The van der Waals surface area contributed by atoms with E-state index in [1.807, 2.05) is 6.07 Å². The molecular weight excluding hydrogens is 336 g/mol. The van der Waals surface area contributed by atoms with Gasteiger partial charge in [-0.25, -0.2) is 4.68 Å². The highest BCUT2D eigenvalue weighted by Gasteiger charge is 2.18. The molecule has 0 aliphatic rings. The smallest absolute Gasteiger partial charge is 0.305 e. The summed E-state index contributed by atoms with van der Waals surface area (Å²) < 4.78 is 2.31. The van der Waals surface area contributed by atoms with Crippen molar-refractivity contribution in [2.75, 3.05) is 0 Å². The molecule has 2 rings (SSSR count). The molecule has 0 saturated heterocycles. The van der Waals surface area contributed by atoms with Gasteiger partial charge in [0.15, 0.2) is 5.82 Å². The van der Waals surface area contributed by atoms with E-state index < -0.39 is 5.97 Å². The molecule has 1 heterocycles. The SMILES string of the molecule is CC(CC(=O)O)n1nnnc1-c1ccc(Br)cc1Cl. The number of aromatic nitrogens is 4. The van der Waals surface area contributed by atoms with Gasteiger partial charge >= 0.3 is 5.97 Å². The molecule has 1 atom stereocenters. The van der Waals surface area contributed by atoms with E-state index in [-0.39, 0.29) is 12.5 Å². The number of hydrogen-bond donors (Lipinski definition) is 1. The van der Waals surface area contributed by atoms with Crippen LogP contribution < -0.4 is 0 Å². The Bertz CT molecular complexity index is 616. The fraction of sp³-hybridized carbons (Fsp3) is 0.273. The fourth-order valence-electron chi connectivity index (χ4n) is 1.68. The minimum Gasteiger partial charge on any atom is -0.481 e. The van der Waals surface area contributed by atoms with Crippen molar-refractivity contribution in [2.24, 2.45) is 0 Å². The number of carbonyl (C=O) groups is 1. The Morgan fingerprint density at radius 1 is 1.58 bits per heavy atom. The van der Waals surface area contributed by atoms with Crippen molar-refractivity contribution in [3.8, 4) is 11.4 Å². The third-order valence-corrected chi connectivity index (χ3v) is 3.36. The van der Waals surface area contributed by atoms with E-state index in [4.69, 9.17) is 16.7 Å². The fourth-order valence-corrected chi connectivity index (χ4v) is 2.44. The number of rotatable bonds is 4. The number of aliphatic carboxylic acids is 1. The molecule has 0 aliphatic heterocycles. The Hall–Kier alpha value is -1.47. The van der Waals surface area contributed by atoms with Gasteiger partial charge in [0, 0.05) is 10.0 Å². The number of carboxylic acid groups (broad SMARTS) is 1. The van der Waals surface area contributed by atoms with E-state index in [2.05, 4.69) is 31.5 Å². The summed E-state index contributed by atoms with van der Waals surface area (Å²) in [5, 5.41) is 20.6. The zero-order valence-corrected chi connectivity index (χ0v) is 12.3. The molecule has 0 bridgehead atoms. The number of hydrogen-bond acceptors (Lipinski definition) is 4. The molecule has 2 aromatic rings. The van der Waals surface area contributed by atoms with Crippen molar-refractivity contribution < 1.29 is 9.90 Å². The van der Waals surface area contributed by atoms with Gasteiger partial charge < -0.3 is 5.11 Å². The number of halogens is 2. The maximum Gasteiger partial charge on any atom is 0.305 e. The van der Waals surface area contributed by atoms with E-state index in [0.29, 0.717) is 16.4 Å². The minimum absolute atomic E-state index is 0.0633. The van der Waals surface area contributed by atoms with E-state index in [1.165, 1.54) is 4.68 Å². The summed E-state index contributed by atoms with van der Waals surface area (Å²) in [5.41, 5.74) is 0.659. The van der Waals surface area contributed by atoms with Gasteiger partial charge in [-0.3, -0.25) is 4.79 Å². The van der Waals surface area contributed by atoms with Crippen LogP contribution in [0.15, 0.2) is 22.7 Å². The predicted molar refractivity (Wildman–Crippen MR) is 72.9 cm³/mol. The Kier molecular flexibility index (Phi) is 4.16. The monoisotopic (exact) mass is 344 g/mol. The maximum atomic E-state index is 10.8. The van der Waals surface area contributed by atoms with Gasteiger partial charge in [0.1, 0.15) is 0 Å². The Morgan fingerprint density at radius 2 is 2.32 bits per heavy atom. The molecule has 1 aromatic heterocycles. The van der Waals surface area contributed by atoms with Gasteiger partial charge in [-0.1, -0.05) is 27.5 Å². The molecule has 1 N–H and O–H groups in total. The van der Waals surface area contributed by atoms with Crippen LogP contribution >= 0.6 is 27.5 Å². The van der Waals surface area contributed by atoms with E-state index >= 15 is 0 Å². The van der Waals surface area contributed by atoms with E-state index in [1.54, 1.807) is 19.1 Å². The highest BCUT2D eigenvalue weighted by atomic mass is 79.9. The maximum absolute atomic E-state index is 10.8. The average Bonchev–Trinajstić information content (AvgIpc) is 2.76. The summed E-state index contributed by atoms with van der Waals surface area (Å²) in [7, 11) is 0. The second kappa shape index (κ2) is 5.66. The summed E-state index contributed by atoms with van der Waals surface area (Å²) in [5.74, 6) is -0.456. The molecule has 0 saturated carbocycles. The third kappa shape index (κ3) is 3.10. The molecule has 0 amide bonds. The van der Waals surface area contributed by atoms with Crippen molar-refractivity contribution in [2.45, 2.75) is 19.4 Å². The molecule has 100 valence electrons. The van der Waals surface area contributed by atoms with Gasteiger partial charge in [0.2, 0.25) is 0 Å². The lowest BCUT2D eigenvalue weighted by molar-refractivity contribution is -0.137. The molecular formula is C11H10BrClN4O2. The summed E-state index contributed by atoms with van der Waals surface area (Å²) in [6, 6.07) is 4.98. The first-order valence-corrected chi connectivity index (χ1v) is 6.61. The Balaban J connectivity index is 2.41. The normalized spacial score (nSPS) is 12.4. The second-order valence-corrected chi connectivity index (χ2v) is 5.34. The Morgan fingerprint density at radius 3 is 2.95 bits per heavy atom. The molecule has 0 spiro atoms. The van der Waals surface area contributed by atoms with Crippen LogP contribution in [-0.2, 0) is 4.79 Å². The highest BCUT2D eigenvalue weighted by Crippen LogP contribution is 2.30. The van der Waals surface area contributed by atoms with Crippen LogP contribution in [-0.4, -0.2) is 31.3 Å². The van der Waals surface area contributed by atoms with Crippen molar-refractivity contribution >= 4 is 33.5 Å². The number of tetrazole rings is 1. The third-order valence-electron chi connectivity index (χ3n) is 2.55. The van der Waals surface area contributed by atoms with Gasteiger partial charge in [0.25, 0.3) is 0 Å². The zero-order valence-electron chi connectivity index (χ0n) is 9.92. The highest BCUT2D eigenvalue weighted by molar-refractivity contribution is 9.10. The van der Waals surface area contributed by atoms with Crippen LogP contribution in [0.2, 0.25) is 5.02 Å². The molecule has 8 heteroatoms. The van der Waals surface area contributed by atoms with Gasteiger partial charge in [-0.15, -0.1) is 5.10 Å². The van der Waals surface area contributed by atoms with Crippen LogP contribution in [0, 0.1) is 0 Å². The van der Waals surface area contributed by atoms with Crippen LogP contribution in [0.3, 0.4) is 0 Å². The largest absolute Gasteiger partial charge is 0.481 e. The number of benzene rings is 1. The van der Waals surface area contributed by atoms with Crippen LogP contribution in [0.5, 0.6) is 0 Å². The van der Waals surface area contributed by atoms with E-state index in [0.717, 1.165) is 4.47 Å². The quantitative estimate of drug-likeness (QED) is 0.921. The molecule has 0 fully saturated rings. The number of nitrogens with zero attached hydrogens (tertiary/aromatic N) is 4. The lowest BCUT2D eigenvalue weighted by Gasteiger charge is -2.11. The molecule has 0 aliphatic carbocycles. The molecule has 0 radical (unpaired) electrons. The summed E-state index contributed by atoms with van der Waals surface area (Å²) in [6.07, 6.45) is -0.0633.